The summed E-state index contributed by atoms with van der Waals surface area (Å²) in [7, 11) is 0. The molecule has 0 spiro atoms. The first-order valence-electron chi connectivity index (χ1n) is 7.04. The minimum Gasteiger partial charge on any atom is -0.308 e. The highest BCUT2D eigenvalue weighted by Crippen LogP contribution is 2.30. The maximum Gasteiger partial charge on any atom is 0.268 e. The number of nitrogens with zero attached hydrogens (tertiary/aromatic N) is 3. The molecule has 3 aromatic rings. The Bertz CT molecular complexity index is 814. The molecule has 0 bridgehead atoms. The number of thiophene rings is 1. The predicted molar refractivity (Wildman–Crippen MR) is 82.3 cm³/mol. The average Bonchev–Trinajstić information content (AvgIpc) is 3.19. The summed E-state index contributed by atoms with van der Waals surface area (Å²) >= 11 is 1.45. The van der Waals surface area contributed by atoms with Crippen LogP contribution in [0, 0.1) is 0 Å². The van der Waals surface area contributed by atoms with Gasteiger partial charge in [-0.15, -0.1) is 11.3 Å². The van der Waals surface area contributed by atoms with Crippen molar-refractivity contribution in [2.75, 3.05) is 13.1 Å². The van der Waals surface area contributed by atoms with Crippen molar-refractivity contribution in [3.8, 4) is 10.4 Å². The molecule has 0 radical (unpaired) electrons. The average molecular weight is 301 g/mol. The maximum atomic E-state index is 12.2. The summed E-state index contributed by atoms with van der Waals surface area (Å²) in [6, 6.07) is 1.97. The van der Waals surface area contributed by atoms with Crippen LogP contribution < -0.4 is 5.56 Å². The van der Waals surface area contributed by atoms with Crippen molar-refractivity contribution in [3.05, 3.63) is 34.6 Å². The number of rotatable bonds is 3. The number of aromatic amines is 2. The molecule has 1 fully saturated rings. The van der Waals surface area contributed by atoms with Crippen LogP contribution in [0.1, 0.15) is 18.7 Å². The van der Waals surface area contributed by atoms with Crippen LogP contribution in [0.3, 0.4) is 0 Å². The molecule has 3 aromatic heterocycles. The lowest BCUT2D eigenvalue weighted by Crippen LogP contribution is -2.22. The first-order chi connectivity index (χ1) is 10.3. The minimum absolute atomic E-state index is 0.0473. The zero-order valence-electron chi connectivity index (χ0n) is 11.4. The Labute approximate surface area is 124 Å². The number of hydrogen-bond acceptors (Lipinski definition) is 5. The maximum absolute atomic E-state index is 12.2. The molecule has 0 saturated carbocycles. The fraction of sp³-hybridized carbons (Fsp3) is 0.357. The third kappa shape index (κ3) is 2.38. The highest BCUT2D eigenvalue weighted by Gasteiger charge is 2.15. The molecule has 4 rings (SSSR count). The Morgan fingerprint density at radius 3 is 2.95 bits per heavy atom. The van der Waals surface area contributed by atoms with Gasteiger partial charge in [0, 0.05) is 16.6 Å². The van der Waals surface area contributed by atoms with Gasteiger partial charge in [-0.2, -0.15) is 5.10 Å². The lowest BCUT2D eigenvalue weighted by Gasteiger charge is -2.13. The van der Waals surface area contributed by atoms with Gasteiger partial charge in [-0.3, -0.25) is 14.8 Å². The third-order valence-corrected chi connectivity index (χ3v) is 4.96. The first-order valence-corrected chi connectivity index (χ1v) is 7.85. The van der Waals surface area contributed by atoms with E-state index in [0.29, 0.717) is 4.70 Å². The third-order valence-electron chi connectivity index (χ3n) is 3.79. The molecule has 1 aliphatic rings. The van der Waals surface area contributed by atoms with E-state index in [9.17, 15) is 4.79 Å². The monoisotopic (exact) mass is 301 g/mol. The largest absolute Gasteiger partial charge is 0.308 e. The second kappa shape index (κ2) is 5.09. The summed E-state index contributed by atoms with van der Waals surface area (Å²) in [6.45, 7) is 2.90. The van der Waals surface area contributed by atoms with Crippen LogP contribution in [-0.4, -0.2) is 38.2 Å². The molecule has 4 heterocycles. The fourth-order valence-corrected chi connectivity index (χ4v) is 3.72. The van der Waals surface area contributed by atoms with E-state index in [0.717, 1.165) is 41.4 Å². The Kier molecular flexibility index (Phi) is 3.08. The number of fused-ring (bicyclic) bond motifs is 1. The van der Waals surface area contributed by atoms with Gasteiger partial charge < -0.3 is 4.98 Å². The van der Waals surface area contributed by atoms with Crippen LogP contribution in [0.15, 0.2) is 23.3 Å². The molecule has 2 N–H and O–H groups in total. The van der Waals surface area contributed by atoms with Gasteiger partial charge in [-0.1, -0.05) is 0 Å². The molecule has 7 heteroatoms. The molecule has 21 heavy (non-hydrogen) atoms. The van der Waals surface area contributed by atoms with Crippen molar-refractivity contribution in [1.29, 1.82) is 0 Å². The molecule has 0 unspecified atom stereocenters. The normalized spacial score (nSPS) is 16.0. The highest BCUT2D eigenvalue weighted by atomic mass is 32.1. The smallest absolute Gasteiger partial charge is 0.268 e. The lowest BCUT2D eigenvalue weighted by molar-refractivity contribution is 0.322. The molecular formula is C14H15N5OS. The standard InChI is InChI=1S/C14H15N5OS/c20-14-13-10(5-11(21-13)9-6-15-16-7-9)17-12(18-14)8-19-3-1-2-4-19/h5-7H,1-4,8H2,(H,15,16)(H,17,18,20). The van der Waals surface area contributed by atoms with Crippen molar-refractivity contribution in [3.63, 3.8) is 0 Å². The topological polar surface area (TPSA) is 77.7 Å². The van der Waals surface area contributed by atoms with E-state index in [4.69, 9.17) is 0 Å². The fourth-order valence-electron chi connectivity index (χ4n) is 2.74. The van der Waals surface area contributed by atoms with Gasteiger partial charge in [0.15, 0.2) is 0 Å². The van der Waals surface area contributed by atoms with E-state index in [1.165, 1.54) is 24.2 Å². The van der Waals surface area contributed by atoms with Gasteiger partial charge in [0.05, 0.1) is 18.3 Å². The minimum atomic E-state index is -0.0473. The van der Waals surface area contributed by atoms with Gasteiger partial charge in [0.1, 0.15) is 10.5 Å². The molecule has 108 valence electrons. The summed E-state index contributed by atoms with van der Waals surface area (Å²) in [5, 5.41) is 6.74. The lowest BCUT2D eigenvalue weighted by atomic mass is 10.3. The van der Waals surface area contributed by atoms with Crippen molar-refractivity contribution < 1.29 is 0 Å². The second-order valence-electron chi connectivity index (χ2n) is 5.31. The van der Waals surface area contributed by atoms with E-state index < -0.39 is 0 Å². The zero-order valence-corrected chi connectivity index (χ0v) is 12.2. The highest BCUT2D eigenvalue weighted by molar-refractivity contribution is 7.22. The molecule has 0 aromatic carbocycles. The molecule has 0 aliphatic carbocycles. The van der Waals surface area contributed by atoms with E-state index in [2.05, 4.69) is 25.1 Å². The van der Waals surface area contributed by atoms with Gasteiger partial charge in [0.2, 0.25) is 0 Å². The van der Waals surface area contributed by atoms with E-state index in [1.54, 1.807) is 6.20 Å². The SMILES string of the molecule is O=c1[nH]c(CN2CCCC2)nc2cc(-c3cn[nH]c3)sc12. The summed E-state index contributed by atoms with van der Waals surface area (Å²) in [6.07, 6.45) is 6.04. The van der Waals surface area contributed by atoms with Crippen LogP contribution in [0.4, 0.5) is 0 Å². The van der Waals surface area contributed by atoms with Crippen molar-refractivity contribution in [2.45, 2.75) is 19.4 Å². The Morgan fingerprint density at radius 2 is 2.19 bits per heavy atom. The summed E-state index contributed by atoms with van der Waals surface area (Å²) < 4.78 is 0.677. The van der Waals surface area contributed by atoms with Crippen molar-refractivity contribution in [2.24, 2.45) is 0 Å². The van der Waals surface area contributed by atoms with Crippen LogP contribution in [0.2, 0.25) is 0 Å². The molecule has 0 amide bonds. The zero-order chi connectivity index (χ0) is 14.2. The summed E-state index contributed by atoms with van der Waals surface area (Å²) in [4.78, 5) is 23.1. The number of nitrogens with one attached hydrogen (secondary N) is 2. The van der Waals surface area contributed by atoms with Crippen LogP contribution in [0.5, 0.6) is 0 Å². The molecule has 1 saturated heterocycles. The Hall–Kier alpha value is -1.99. The Balaban J connectivity index is 1.73. The molecule has 6 nitrogen and oxygen atoms in total. The van der Waals surface area contributed by atoms with Crippen molar-refractivity contribution in [1.82, 2.24) is 25.1 Å². The van der Waals surface area contributed by atoms with Gasteiger partial charge in [0.25, 0.3) is 5.56 Å². The molecule has 0 atom stereocenters. The number of hydrogen-bond donors (Lipinski definition) is 2. The van der Waals surface area contributed by atoms with E-state index in [-0.39, 0.29) is 5.56 Å². The number of H-pyrrole nitrogens is 2. The first kappa shape index (κ1) is 12.7. The van der Waals surface area contributed by atoms with Gasteiger partial charge in [-0.05, 0) is 32.0 Å². The van der Waals surface area contributed by atoms with Crippen LogP contribution in [-0.2, 0) is 6.54 Å². The number of likely N-dealkylation sites (tertiary alicyclic amines) is 1. The Morgan fingerprint density at radius 1 is 1.33 bits per heavy atom. The van der Waals surface area contributed by atoms with Crippen molar-refractivity contribution >= 4 is 21.6 Å². The van der Waals surface area contributed by atoms with Crippen LogP contribution in [0.25, 0.3) is 20.7 Å². The quantitative estimate of drug-likeness (QED) is 0.775. The van der Waals surface area contributed by atoms with E-state index >= 15 is 0 Å². The summed E-state index contributed by atoms with van der Waals surface area (Å²) in [5.41, 5.74) is 1.71. The van der Waals surface area contributed by atoms with Gasteiger partial charge in [-0.25, -0.2) is 4.98 Å². The second-order valence-corrected chi connectivity index (χ2v) is 6.36. The predicted octanol–water partition coefficient (Wildman–Crippen LogP) is 1.97. The van der Waals surface area contributed by atoms with Crippen LogP contribution >= 0.6 is 11.3 Å². The number of aromatic nitrogens is 4. The summed E-state index contributed by atoms with van der Waals surface area (Å²) in [5.74, 6) is 0.756. The molecular weight excluding hydrogens is 286 g/mol. The van der Waals surface area contributed by atoms with E-state index in [1.807, 2.05) is 12.3 Å². The van der Waals surface area contributed by atoms with Gasteiger partial charge >= 0.3 is 0 Å². The molecule has 1 aliphatic heterocycles.